The van der Waals surface area contributed by atoms with Gasteiger partial charge in [-0.25, -0.2) is 9.59 Å². The Labute approximate surface area is 166 Å². The largest absolute Gasteiger partial charge is 0.484 e. The maximum Gasteiger partial charge on any atom is 0.336 e. The number of hydrogen-bond donors (Lipinski definition) is 2. The number of nitrogens with one attached hydrogen (secondary N) is 1. The molecular weight excluding hydrogens is 374 g/mol. The number of fused-ring (bicyclic) bond motifs is 1. The van der Waals surface area contributed by atoms with Crippen LogP contribution in [0.5, 0.6) is 5.75 Å². The van der Waals surface area contributed by atoms with Crippen LogP contribution in [0.15, 0.2) is 63.8 Å². The zero-order valence-electron chi connectivity index (χ0n) is 15.9. The Morgan fingerprint density at radius 2 is 1.90 bits per heavy atom. The third-order valence-corrected chi connectivity index (χ3v) is 4.38. The second kappa shape index (κ2) is 9.05. The summed E-state index contributed by atoms with van der Waals surface area (Å²) in [6.07, 6.45) is 1.64. The molecule has 1 aromatic heterocycles. The van der Waals surface area contributed by atoms with Gasteiger partial charge in [0.15, 0.2) is 12.6 Å². The number of carbonyl (C=O) groups is 2. The Morgan fingerprint density at radius 3 is 2.59 bits per heavy atom. The second-order valence-electron chi connectivity index (χ2n) is 6.54. The van der Waals surface area contributed by atoms with E-state index in [4.69, 9.17) is 9.15 Å². The van der Waals surface area contributed by atoms with Crippen LogP contribution in [0.3, 0.4) is 0 Å². The highest BCUT2D eigenvalue weighted by atomic mass is 16.5. The molecule has 7 heteroatoms. The minimum atomic E-state index is -1.17. The average molecular weight is 395 g/mol. The number of hydrogen-bond acceptors (Lipinski definition) is 5. The Bertz CT molecular complexity index is 1070. The fourth-order valence-corrected chi connectivity index (χ4v) is 3.06. The topological polar surface area (TPSA) is 106 Å². The van der Waals surface area contributed by atoms with Crippen LogP contribution in [-0.2, 0) is 16.0 Å². The summed E-state index contributed by atoms with van der Waals surface area (Å²) < 4.78 is 10.7. The van der Waals surface area contributed by atoms with Crippen LogP contribution in [0.2, 0.25) is 0 Å². The van der Waals surface area contributed by atoms with Crippen molar-refractivity contribution in [3.8, 4) is 5.75 Å². The van der Waals surface area contributed by atoms with E-state index < -0.39 is 23.5 Å². The number of carbonyl (C=O) groups excluding carboxylic acids is 1. The number of aliphatic carboxylic acids is 1. The molecule has 0 saturated carbocycles. The third kappa shape index (κ3) is 5.01. The molecule has 1 amide bonds. The van der Waals surface area contributed by atoms with Gasteiger partial charge in [-0.05, 0) is 29.7 Å². The molecule has 0 aliphatic carbocycles. The smallest absolute Gasteiger partial charge is 0.336 e. The number of carboxylic acid groups (broad SMARTS) is 1. The summed E-state index contributed by atoms with van der Waals surface area (Å²) in [5, 5.41) is 12.6. The average Bonchev–Trinajstić information content (AvgIpc) is 2.70. The lowest BCUT2D eigenvalue weighted by atomic mass is 10.1. The van der Waals surface area contributed by atoms with Crippen molar-refractivity contribution in [3.63, 3.8) is 0 Å². The van der Waals surface area contributed by atoms with Gasteiger partial charge in [0, 0.05) is 17.5 Å². The maximum atomic E-state index is 12.2. The van der Waals surface area contributed by atoms with Crippen LogP contribution in [-0.4, -0.2) is 23.6 Å². The molecule has 0 aliphatic heterocycles. The minimum Gasteiger partial charge on any atom is -0.484 e. The van der Waals surface area contributed by atoms with E-state index >= 15 is 0 Å². The predicted octanol–water partition coefficient (Wildman–Crippen LogP) is 3.07. The summed E-state index contributed by atoms with van der Waals surface area (Å²) in [4.78, 5) is 35.4. The number of aryl methyl sites for hydroxylation is 1. The summed E-state index contributed by atoms with van der Waals surface area (Å²) in [6.45, 7) is 1.65. The van der Waals surface area contributed by atoms with Crippen LogP contribution in [0.25, 0.3) is 11.0 Å². The minimum absolute atomic E-state index is 0.344. The summed E-state index contributed by atoms with van der Waals surface area (Å²) in [7, 11) is 0. The fraction of sp³-hybridized carbons (Fsp3) is 0.227. The lowest BCUT2D eigenvalue weighted by Crippen LogP contribution is -2.36. The molecule has 150 valence electrons. The lowest BCUT2D eigenvalue weighted by molar-refractivity contribution is -0.142. The zero-order chi connectivity index (χ0) is 20.8. The highest BCUT2D eigenvalue weighted by molar-refractivity contribution is 5.85. The highest BCUT2D eigenvalue weighted by Crippen LogP contribution is 2.23. The molecule has 2 aromatic carbocycles. The number of rotatable bonds is 8. The first kappa shape index (κ1) is 20.1. The van der Waals surface area contributed by atoms with Crippen molar-refractivity contribution in [1.29, 1.82) is 0 Å². The molecule has 2 N–H and O–H groups in total. The Hall–Kier alpha value is -3.61. The first-order chi connectivity index (χ1) is 14.0. The molecule has 0 spiro atoms. The molecule has 29 heavy (non-hydrogen) atoms. The van der Waals surface area contributed by atoms with Gasteiger partial charge in [-0.2, -0.15) is 0 Å². The molecule has 3 rings (SSSR count). The summed E-state index contributed by atoms with van der Waals surface area (Å²) in [6, 6.07) is 13.7. The second-order valence-corrected chi connectivity index (χ2v) is 6.54. The summed E-state index contributed by atoms with van der Waals surface area (Å²) in [5.41, 5.74) is 1.30. The number of ether oxygens (including phenoxy) is 1. The molecule has 7 nitrogen and oxygen atoms in total. The van der Waals surface area contributed by atoms with Crippen molar-refractivity contribution in [2.45, 2.75) is 25.8 Å². The Kier molecular flexibility index (Phi) is 6.29. The van der Waals surface area contributed by atoms with Crippen LogP contribution in [0.1, 0.15) is 30.5 Å². The van der Waals surface area contributed by atoms with E-state index in [-0.39, 0.29) is 6.61 Å². The molecular formula is C22H21NO6. The molecule has 0 saturated heterocycles. The van der Waals surface area contributed by atoms with Gasteiger partial charge in [-0.1, -0.05) is 43.7 Å². The van der Waals surface area contributed by atoms with Gasteiger partial charge in [-0.15, -0.1) is 0 Å². The molecule has 1 atom stereocenters. The van der Waals surface area contributed by atoms with E-state index in [9.17, 15) is 19.5 Å². The van der Waals surface area contributed by atoms with Crippen LogP contribution >= 0.6 is 0 Å². The van der Waals surface area contributed by atoms with Crippen molar-refractivity contribution in [3.05, 3.63) is 76.1 Å². The predicted molar refractivity (Wildman–Crippen MR) is 107 cm³/mol. The number of amides is 1. The SMILES string of the molecule is CCCc1cc(=O)oc2cc(OCC(=O)N[C@H](C(=O)O)c3ccccc3)ccc12. The fourth-order valence-electron chi connectivity index (χ4n) is 3.06. The van der Waals surface area contributed by atoms with Crippen LogP contribution in [0, 0.1) is 0 Å². The normalized spacial score (nSPS) is 11.8. The zero-order valence-corrected chi connectivity index (χ0v) is 15.9. The van der Waals surface area contributed by atoms with Crippen molar-refractivity contribution in [1.82, 2.24) is 5.32 Å². The van der Waals surface area contributed by atoms with Crippen molar-refractivity contribution in [2.24, 2.45) is 0 Å². The maximum absolute atomic E-state index is 12.2. The Morgan fingerprint density at radius 1 is 1.14 bits per heavy atom. The molecule has 0 radical (unpaired) electrons. The van der Waals surface area contributed by atoms with E-state index in [0.29, 0.717) is 16.9 Å². The Balaban J connectivity index is 1.70. The first-order valence-electron chi connectivity index (χ1n) is 9.24. The molecule has 3 aromatic rings. The van der Waals surface area contributed by atoms with Crippen molar-refractivity contribution < 1.29 is 23.8 Å². The van der Waals surface area contributed by atoms with Crippen molar-refractivity contribution in [2.75, 3.05) is 6.61 Å². The monoisotopic (exact) mass is 395 g/mol. The van der Waals surface area contributed by atoms with Gasteiger partial charge >= 0.3 is 11.6 Å². The van der Waals surface area contributed by atoms with Crippen molar-refractivity contribution >= 4 is 22.8 Å². The molecule has 0 aliphatic rings. The van der Waals surface area contributed by atoms with Gasteiger partial charge in [0.2, 0.25) is 0 Å². The van der Waals surface area contributed by atoms with E-state index in [0.717, 1.165) is 23.8 Å². The summed E-state index contributed by atoms with van der Waals surface area (Å²) >= 11 is 0. The van der Waals surface area contributed by atoms with Gasteiger partial charge in [-0.3, -0.25) is 4.79 Å². The van der Waals surface area contributed by atoms with Crippen LogP contribution in [0.4, 0.5) is 0 Å². The first-order valence-corrected chi connectivity index (χ1v) is 9.24. The van der Waals surface area contributed by atoms with E-state index in [1.165, 1.54) is 6.07 Å². The van der Waals surface area contributed by atoms with Gasteiger partial charge in [0.25, 0.3) is 5.91 Å². The molecule has 0 unspecified atom stereocenters. The van der Waals surface area contributed by atoms with E-state index in [1.54, 1.807) is 48.5 Å². The quantitative estimate of drug-likeness (QED) is 0.568. The molecule has 0 fully saturated rings. The number of carboxylic acids is 1. The standard InChI is InChI=1S/C22H21NO6/c1-2-6-15-11-20(25)29-18-12-16(9-10-17(15)18)28-13-19(24)23-21(22(26)27)14-7-4-3-5-8-14/h3-5,7-12,21H,2,6,13H2,1H3,(H,23,24)(H,26,27)/t21-/m0/s1. The summed E-state index contributed by atoms with van der Waals surface area (Å²) in [5.74, 6) is -1.40. The molecule has 1 heterocycles. The van der Waals surface area contributed by atoms with Gasteiger partial charge in [0.05, 0.1) is 0 Å². The van der Waals surface area contributed by atoms with Gasteiger partial charge < -0.3 is 19.6 Å². The highest BCUT2D eigenvalue weighted by Gasteiger charge is 2.22. The molecule has 0 bridgehead atoms. The van der Waals surface area contributed by atoms with E-state index in [2.05, 4.69) is 5.32 Å². The van der Waals surface area contributed by atoms with Crippen LogP contribution < -0.4 is 15.7 Å². The van der Waals surface area contributed by atoms with Gasteiger partial charge in [0.1, 0.15) is 11.3 Å². The third-order valence-electron chi connectivity index (χ3n) is 4.38. The lowest BCUT2D eigenvalue weighted by Gasteiger charge is -2.15. The van der Waals surface area contributed by atoms with E-state index in [1.807, 2.05) is 6.92 Å². The number of benzene rings is 2.